The van der Waals surface area contributed by atoms with Gasteiger partial charge in [0.1, 0.15) is 12.1 Å². The lowest BCUT2D eigenvalue weighted by atomic mass is 10.2. The lowest BCUT2D eigenvalue weighted by molar-refractivity contribution is 0.692. The van der Waals surface area contributed by atoms with E-state index in [0.717, 1.165) is 24.4 Å². The first-order valence-electron chi connectivity index (χ1n) is 5.33. The molecular formula is C11H18ClN3. The second-order valence-electron chi connectivity index (χ2n) is 3.81. The van der Waals surface area contributed by atoms with Gasteiger partial charge in [0.05, 0.1) is 0 Å². The number of hydrogen-bond acceptors (Lipinski definition) is 3. The maximum absolute atomic E-state index is 5.92. The molecule has 1 heterocycles. The van der Waals surface area contributed by atoms with Crippen molar-refractivity contribution in [3.63, 3.8) is 0 Å². The highest BCUT2D eigenvalue weighted by atomic mass is 35.5. The van der Waals surface area contributed by atoms with Gasteiger partial charge >= 0.3 is 0 Å². The van der Waals surface area contributed by atoms with Crippen LogP contribution in [0, 0.1) is 0 Å². The van der Waals surface area contributed by atoms with Gasteiger partial charge in [0.25, 0.3) is 0 Å². The fraction of sp³-hybridized carbons (Fsp3) is 0.636. The van der Waals surface area contributed by atoms with Crippen molar-refractivity contribution in [3.8, 4) is 0 Å². The first kappa shape index (κ1) is 12.2. The smallest absolute Gasteiger partial charge is 0.129 e. The standard InChI is InChI=1S/C11H18ClN3/c1-4-10-6-11(14-7-13-10)15-9(3)5-8(2)12/h6-9H,4-5H2,1-3H3,(H,13,14,15). The Morgan fingerprint density at radius 3 is 2.73 bits per heavy atom. The van der Waals surface area contributed by atoms with Gasteiger partial charge < -0.3 is 5.32 Å². The van der Waals surface area contributed by atoms with Crippen molar-refractivity contribution >= 4 is 17.4 Å². The second kappa shape index (κ2) is 5.91. The highest BCUT2D eigenvalue weighted by Crippen LogP contribution is 2.11. The van der Waals surface area contributed by atoms with Gasteiger partial charge in [-0.2, -0.15) is 0 Å². The Labute approximate surface area is 96.3 Å². The molecule has 0 saturated carbocycles. The number of hydrogen-bond donors (Lipinski definition) is 1. The van der Waals surface area contributed by atoms with Crippen LogP contribution in [0.1, 0.15) is 32.9 Å². The molecule has 2 unspecified atom stereocenters. The molecule has 84 valence electrons. The number of nitrogens with one attached hydrogen (secondary N) is 1. The summed E-state index contributed by atoms with van der Waals surface area (Å²) < 4.78 is 0. The van der Waals surface area contributed by atoms with Crippen molar-refractivity contribution in [1.29, 1.82) is 0 Å². The predicted molar refractivity (Wildman–Crippen MR) is 64.4 cm³/mol. The van der Waals surface area contributed by atoms with E-state index in [0.29, 0.717) is 6.04 Å². The minimum Gasteiger partial charge on any atom is -0.367 e. The molecule has 0 aromatic carbocycles. The Morgan fingerprint density at radius 2 is 2.13 bits per heavy atom. The summed E-state index contributed by atoms with van der Waals surface area (Å²) >= 11 is 5.92. The summed E-state index contributed by atoms with van der Waals surface area (Å²) in [6.45, 7) is 6.18. The molecule has 0 aliphatic carbocycles. The largest absolute Gasteiger partial charge is 0.367 e. The van der Waals surface area contributed by atoms with E-state index in [4.69, 9.17) is 11.6 Å². The molecule has 0 saturated heterocycles. The number of aryl methyl sites for hydroxylation is 1. The molecule has 2 atom stereocenters. The molecule has 0 bridgehead atoms. The summed E-state index contributed by atoms with van der Waals surface area (Å²) in [5, 5.41) is 3.49. The zero-order chi connectivity index (χ0) is 11.3. The van der Waals surface area contributed by atoms with Crippen LogP contribution in [0.2, 0.25) is 0 Å². The van der Waals surface area contributed by atoms with E-state index in [1.54, 1.807) is 6.33 Å². The third kappa shape index (κ3) is 4.47. The van der Waals surface area contributed by atoms with Crippen molar-refractivity contribution in [1.82, 2.24) is 9.97 Å². The lowest BCUT2D eigenvalue weighted by Crippen LogP contribution is -2.19. The van der Waals surface area contributed by atoms with Gasteiger partial charge in [-0.15, -0.1) is 11.6 Å². The zero-order valence-electron chi connectivity index (χ0n) is 9.50. The fourth-order valence-corrected chi connectivity index (χ4v) is 1.74. The molecule has 3 nitrogen and oxygen atoms in total. The average Bonchev–Trinajstić information content (AvgIpc) is 2.16. The van der Waals surface area contributed by atoms with E-state index >= 15 is 0 Å². The van der Waals surface area contributed by atoms with Crippen molar-refractivity contribution in [2.75, 3.05) is 5.32 Å². The highest BCUT2D eigenvalue weighted by Gasteiger charge is 2.06. The third-order valence-corrected chi connectivity index (χ3v) is 2.34. The van der Waals surface area contributed by atoms with Gasteiger partial charge in [0, 0.05) is 23.2 Å². The van der Waals surface area contributed by atoms with E-state index in [1.807, 2.05) is 13.0 Å². The van der Waals surface area contributed by atoms with E-state index in [2.05, 4.69) is 29.1 Å². The van der Waals surface area contributed by atoms with E-state index in [9.17, 15) is 0 Å². The van der Waals surface area contributed by atoms with E-state index in [1.165, 1.54) is 0 Å². The Hall–Kier alpha value is -0.830. The molecule has 4 heteroatoms. The first-order chi connectivity index (χ1) is 7.11. The number of alkyl halides is 1. The second-order valence-corrected chi connectivity index (χ2v) is 4.56. The van der Waals surface area contributed by atoms with Gasteiger partial charge in [0.15, 0.2) is 0 Å². The molecule has 1 rings (SSSR count). The normalized spacial score (nSPS) is 14.7. The molecule has 0 fully saturated rings. The molecular weight excluding hydrogens is 210 g/mol. The third-order valence-electron chi connectivity index (χ3n) is 2.16. The van der Waals surface area contributed by atoms with Crippen molar-refractivity contribution in [2.24, 2.45) is 0 Å². The maximum Gasteiger partial charge on any atom is 0.129 e. The molecule has 1 aromatic heterocycles. The van der Waals surface area contributed by atoms with Gasteiger partial charge in [-0.05, 0) is 26.7 Å². The van der Waals surface area contributed by atoms with Crippen LogP contribution in [0.15, 0.2) is 12.4 Å². The number of halogens is 1. The maximum atomic E-state index is 5.92. The molecule has 0 radical (unpaired) electrons. The topological polar surface area (TPSA) is 37.8 Å². The Morgan fingerprint density at radius 1 is 1.40 bits per heavy atom. The van der Waals surface area contributed by atoms with Crippen LogP contribution in [0.25, 0.3) is 0 Å². The monoisotopic (exact) mass is 227 g/mol. The van der Waals surface area contributed by atoms with Gasteiger partial charge in [-0.1, -0.05) is 6.92 Å². The number of anilines is 1. The number of nitrogens with zero attached hydrogens (tertiary/aromatic N) is 2. The quantitative estimate of drug-likeness (QED) is 0.787. The predicted octanol–water partition coefficient (Wildman–Crippen LogP) is 2.86. The lowest BCUT2D eigenvalue weighted by Gasteiger charge is -2.15. The van der Waals surface area contributed by atoms with Crippen molar-refractivity contribution in [2.45, 2.75) is 45.0 Å². The van der Waals surface area contributed by atoms with Crippen LogP contribution in [-0.2, 0) is 6.42 Å². The fourth-order valence-electron chi connectivity index (χ4n) is 1.47. The van der Waals surface area contributed by atoms with Crippen molar-refractivity contribution in [3.05, 3.63) is 18.1 Å². The minimum absolute atomic E-state index is 0.181. The Balaban J connectivity index is 2.55. The molecule has 0 aliphatic rings. The summed E-state index contributed by atoms with van der Waals surface area (Å²) in [6.07, 6.45) is 3.45. The number of aromatic nitrogens is 2. The summed E-state index contributed by atoms with van der Waals surface area (Å²) in [6, 6.07) is 2.31. The molecule has 0 aliphatic heterocycles. The van der Waals surface area contributed by atoms with Gasteiger partial charge in [-0.3, -0.25) is 0 Å². The summed E-state index contributed by atoms with van der Waals surface area (Å²) in [4.78, 5) is 8.32. The van der Waals surface area contributed by atoms with E-state index in [-0.39, 0.29) is 5.38 Å². The molecule has 0 spiro atoms. The molecule has 1 aromatic rings. The molecule has 15 heavy (non-hydrogen) atoms. The average molecular weight is 228 g/mol. The Bertz CT molecular complexity index is 302. The van der Waals surface area contributed by atoms with Gasteiger partial charge in [0.2, 0.25) is 0 Å². The summed E-state index contributed by atoms with van der Waals surface area (Å²) in [5.74, 6) is 0.881. The minimum atomic E-state index is 0.181. The molecule has 0 amide bonds. The van der Waals surface area contributed by atoms with Crippen LogP contribution < -0.4 is 5.32 Å². The van der Waals surface area contributed by atoms with Crippen molar-refractivity contribution < 1.29 is 0 Å². The van der Waals surface area contributed by atoms with Crippen LogP contribution in [0.5, 0.6) is 0 Å². The zero-order valence-corrected chi connectivity index (χ0v) is 10.3. The van der Waals surface area contributed by atoms with Gasteiger partial charge in [-0.25, -0.2) is 9.97 Å². The van der Waals surface area contributed by atoms with Crippen LogP contribution in [-0.4, -0.2) is 21.4 Å². The van der Waals surface area contributed by atoms with Crippen LogP contribution in [0.4, 0.5) is 5.82 Å². The summed E-state index contributed by atoms with van der Waals surface area (Å²) in [7, 11) is 0. The Kier molecular flexibility index (Phi) is 4.82. The first-order valence-corrected chi connectivity index (χ1v) is 5.77. The summed E-state index contributed by atoms with van der Waals surface area (Å²) in [5.41, 5.74) is 1.05. The highest BCUT2D eigenvalue weighted by molar-refractivity contribution is 6.20. The SMILES string of the molecule is CCc1cc(NC(C)CC(C)Cl)ncn1. The van der Waals surface area contributed by atoms with Crippen LogP contribution in [0.3, 0.4) is 0 Å². The number of rotatable bonds is 5. The molecule has 1 N–H and O–H groups in total. The van der Waals surface area contributed by atoms with E-state index < -0.39 is 0 Å². The van der Waals surface area contributed by atoms with Crippen LogP contribution >= 0.6 is 11.6 Å².